The zero-order chi connectivity index (χ0) is 13.4. The number of rotatable bonds is 2. The third kappa shape index (κ3) is 2.21. The lowest BCUT2D eigenvalue weighted by molar-refractivity contribution is 0.0697. The van der Waals surface area contributed by atoms with Gasteiger partial charge in [0.25, 0.3) is 5.91 Å². The van der Waals surface area contributed by atoms with Crippen LogP contribution in [0.4, 0.5) is 0 Å². The van der Waals surface area contributed by atoms with Gasteiger partial charge in [0.2, 0.25) is 0 Å². The summed E-state index contributed by atoms with van der Waals surface area (Å²) in [6.07, 6.45) is 0. The first-order chi connectivity index (χ1) is 9.15. The smallest absolute Gasteiger partial charge is 0.335 e. The first kappa shape index (κ1) is 12.2. The summed E-state index contributed by atoms with van der Waals surface area (Å²) in [6, 6.07) is 6.26. The van der Waals surface area contributed by atoms with Gasteiger partial charge in [0, 0.05) is 31.7 Å². The number of hydrogen-bond donors (Lipinski definition) is 2. The Labute approximate surface area is 111 Å². The molecule has 2 unspecified atom stereocenters. The van der Waals surface area contributed by atoms with Crippen molar-refractivity contribution in [3.8, 4) is 0 Å². The Kier molecular flexibility index (Phi) is 2.98. The first-order valence-corrected chi connectivity index (χ1v) is 6.48. The van der Waals surface area contributed by atoms with E-state index < -0.39 is 5.97 Å². The molecule has 5 nitrogen and oxygen atoms in total. The molecule has 2 atom stereocenters. The van der Waals surface area contributed by atoms with Crippen LogP contribution in [-0.2, 0) is 0 Å². The molecule has 2 aliphatic heterocycles. The van der Waals surface area contributed by atoms with Crippen LogP contribution in [0.1, 0.15) is 20.7 Å². The van der Waals surface area contributed by atoms with Crippen LogP contribution in [0.25, 0.3) is 0 Å². The van der Waals surface area contributed by atoms with Gasteiger partial charge in [-0.3, -0.25) is 4.79 Å². The van der Waals surface area contributed by atoms with Gasteiger partial charge in [-0.2, -0.15) is 0 Å². The second-order valence-corrected chi connectivity index (χ2v) is 5.27. The average molecular weight is 260 g/mol. The van der Waals surface area contributed by atoms with Crippen molar-refractivity contribution in [2.24, 2.45) is 11.8 Å². The van der Waals surface area contributed by atoms with Crippen molar-refractivity contribution in [1.82, 2.24) is 10.2 Å². The predicted octanol–water partition coefficient (Wildman–Crippen LogP) is 0.676. The van der Waals surface area contributed by atoms with Crippen molar-refractivity contribution in [3.05, 3.63) is 35.4 Å². The minimum atomic E-state index is -1.00. The van der Waals surface area contributed by atoms with E-state index in [0.717, 1.165) is 26.2 Å². The molecule has 2 aliphatic rings. The zero-order valence-electron chi connectivity index (χ0n) is 10.5. The molecule has 2 N–H and O–H groups in total. The minimum Gasteiger partial charge on any atom is -0.478 e. The molecule has 1 aromatic rings. The molecule has 0 bridgehead atoms. The fraction of sp³-hybridized carbons (Fsp3) is 0.429. The maximum Gasteiger partial charge on any atom is 0.335 e. The standard InChI is InChI=1S/C14H16N2O3/c17-13(9-2-1-3-10(4-9)14(18)19)16-7-11-5-15-6-12(11)8-16/h1-4,11-12,15H,5-8H2,(H,18,19). The van der Waals surface area contributed by atoms with Crippen LogP contribution in [0.5, 0.6) is 0 Å². The molecule has 2 saturated heterocycles. The van der Waals surface area contributed by atoms with Gasteiger partial charge in [-0.1, -0.05) is 6.07 Å². The summed E-state index contributed by atoms with van der Waals surface area (Å²) in [5, 5.41) is 12.3. The highest BCUT2D eigenvalue weighted by atomic mass is 16.4. The van der Waals surface area contributed by atoms with Gasteiger partial charge in [0.1, 0.15) is 0 Å². The minimum absolute atomic E-state index is 0.0579. The van der Waals surface area contributed by atoms with Gasteiger partial charge >= 0.3 is 5.97 Å². The molecule has 3 rings (SSSR count). The molecule has 0 aliphatic carbocycles. The van der Waals surface area contributed by atoms with Crippen LogP contribution < -0.4 is 5.32 Å². The number of carbonyl (C=O) groups is 2. The summed E-state index contributed by atoms with van der Waals surface area (Å²) < 4.78 is 0. The van der Waals surface area contributed by atoms with Crippen molar-refractivity contribution in [1.29, 1.82) is 0 Å². The normalized spacial score (nSPS) is 25.4. The van der Waals surface area contributed by atoms with Crippen LogP contribution in [0.3, 0.4) is 0 Å². The van der Waals surface area contributed by atoms with E-state index in [-0.39, 0.29) is 11.5 Å². The van der Waals surface area contributed by atoms with Crippen LogP contribution in [0, 0.1) is 11.8 Å². The van der Waals surface area contributed by atoms with Crippen LogP contribution >= 0.6 is 0 Å². The van der Waals surface area contributed by atoms with Gasteiger partial charge in [-0.25, -0.2) is 4.79 Å². The summed E-state index contributed by atoms with van der Waals surface area (Å²) in [4.78, 5) is 25.1. The number of benzene rings is 1. The van der Waals surface area contributed by atoms with Gasteiger partial charge < -0.3 is 15.3 Å². The summed E-state index contributed by atoms with van der Waals surface area (Å²) in [7, 11) is 0. The highest BCUT2D eigenvalue weighted by Gasteiger charge is 2.38. The second-order valence-electron chi connectivity index (χ2n) is 5.27. The van der Waals surface area contributed by atoms with E-state index in [4.69, 9.17) is 5.11 Å². The molecule has 100 valence electrons. The van der Waals surface area contributed by atoms with E-state index in [1.165, 1.54) is 12.1 Å². The third-order valence-electron chi connectivity index (χ3n) is 4.03. The van der Waals surface area contributed by atoms with E-state index in [1.54, 1.807) is 12.1 Å². The van der Waals surface area contributed by atoms with E-state index in [0.29, 0.717) is 17.4 Å². The molecule has 2 fully saturated rings. The number of aromatic carboxylic acids is 1. The number of amides is 1. The van der Waals surface area contributed by atoms with Crippen molar-refractivity contribution in [2.75, 3.05) is 26.2 Å². The number of carboxylic acids is 1. The predicted molar refractivity (Wildman–Crippen MR) is 69.2 cm³/mol. The molecule has 1 aromatic carbocycles. The molecule has 0 aromatic heterocycles. The quantitative estimate of drug-likeness (QED) is 0.820. The zero-order valence-corrected chi connectivity index (χ0v) is 10.5. The van der Waals surface area contributed by atoms with Crippen molar-refractivity contribution < 1.29 is 14.7 Å². The lowest BCUT2D eigenvalue weighted by Crippen LogP contribution is -2.31. The first-order valence-electron chi connectivity index (χ1n) is 6.48. The molecule has 19 heavy (non-hydrogen) atoms. The van der Waals surface area contributed by atoms with E-state index in [1.807, 2.05) is 4.90 Å². The SMILES string of the molecule is O=C(O)c1cccc(C(=O)N2CC3CNCC3C2)c1. The Bertz CT molecular complexity index is 517. The van der Waals surface area contributed by atoms with Crippen LogP contribution in [0.15, 0.2) is 24.3 Å². The average Bonchev–Trinajstić information content (AvgIpc) is 2.98. The largest absolute Gasteiger partial charge is 0.478 e. The van der Waals surface area contributed by atoms with E-state index in [2.05, 4.69) is 5.32 Å². The molecule has 0 radical (unpaired) electrons. The highest BCUT2D eigenvalue weighted by Crippen LogP contribution is 2.27. The lowest BCUT2D eigenvalue weighted by atomic mass is 10.0. The molecule has 1 amide bonds. The number of fused-ring (bicyclic) bond motifs is 1. The summed E-state index contributed by atoms with van der Waals surface area (Å²) >= 11 is 0. The van der Waals surface area contributed by atoms with Gasteiger partial charge in [0.15, 0.2) is 0 Å². The molecular formula is C14H16N2O3. The third-order valence-corrected chi connectivity index (χ3v) is 4.03. The monoisotopic (exact) mass is 260 g/mol. The number of nitrogens with zero attached hydrogens (tertiary/aromatic N) is 1. The molecule has 5 heteroatoms. The van der Waals surface area contributed by atoms with Gasteiger partial charge in [-0.15, -0.1) is 0 Å². The van der Waals surface area contributed by atoms with E-state index >= 15 is 0 Å². The molecule has 0 spiro atoms. The van der Waals surface area contributed by atoms with Crippen molar-refractivity contribution in [3.63, 3.8) is 0 Å². The van der Waals surface area contributed by atoms with Crippen molar-refractivity contribution >= 4 is 11.9 Å². The summed E-state index contributed by atoms with van der Waals surface area (Å²) in [5.41, 5.74) is 0.625. The van der Waals surface area contributed by atoms with Crippen molar-refractivity contribution in [2.45, 2.75) is 0 Å². The Balaban J connectivity index is 1.77. The summed E-state index contributed by atoms with van der Waals surface area (Å²) in [5.74, 6) is 0.0351. The molecule has 2 heterocycles. The number of nitrogens with one attached hydrogen (secondary N) is 1. The van der Waals surface area contributed by atoms with Gasteiger partial charge in [0.05, 0.1) is 5.56 Å². The Morgan fingerprint density at radius 3 is 2.42 bits per heavy atom. The number of likely N-dealkylation sites (tertiary alicyclic amines) is 1. The Morgan fingerprint density at radius 1 is 1.16 bits per heavy atom. The topological polar surface area (TPSA) is 69.6 Å². The number of hydrogen-bond acceptors (Lipinski definition) is 3. The highest BCUT2D eigenvalue weighted by molar-refractivity contribution is 5.97. The molecule has 0 saturated carbocycles. The summed E-state index contributed by atoms with van der Waals surface area (Å²) in [6.45, 7) is 3.49. The van der Waals surface area contributed by atoms with E-state index in [9.17, 15) is 9.59 Å². The Morgan fingerprint density at radius 2 is 1.79 bits per heavy atom. The maximum atomic E-state index is 12.4. The maximum absolute atomic E-state index is 12.4. The Hall–Kier alpha value is -1.88. The van der Waals surface area contributed by atoms with Crippen LogP contribution in [0.2, 0.25) is 0 Å². The second kappa shape index (κ2) is 4.66. The molecular weight excluding hydrogens is 244 g/mol. The van der Waals surface area contributed by atoms with Crippen LogP contribution in [-0.4, -0.2) is 48.1 Å². The number of carbonyl (C=O) groups excluding carboxylic acids is 1. The fourth-order valence-corrected chi connectivity index (χ4v) is 2.99. The fourth-order valence-electron chi connectivity index (χ4n) is 2.99. The lowest BCUT2D eigenvalue weighted by Gasteiger charge is -2.17. The van der Waals surface area contributed by atoms with Gasteiger partial charge in [-0.05, 0) is 30.0 Å². The number of carboxylic acid groups (broad SMARTS) is 1.